The fourth-order valence-electron chi connectivity index (χ4n) is 2.39. The first-order valence-electron chi connectivity index (χ1n) is 4.42. The molecular formula is C8H14F2N2. The number of halogens is 2. The van der Waals surface area contributed by atoms with Crippen molar-refractivity contribution in [1.82, 2.24) is 4.90 Å². The van der Waals surface area contributed by atoms with Gasteiger partial charge in [0.25, 0.3) is 6.43 Å². The van der Waals surface area contributed by atoms with Crippen LogP contribution in [0, 0.1) is 5.92 Å². The molecule has 3 rings (SSSR count). The molecule has 2 N–H and O–H groups in total. The summed E-state index contributed by atoms with van der Waals surface area (Å²) in [6.45, 7) is 2.29. The minimum atomic E-state index is -2.37. The second-order valence-corrected chi connectivity index (χ2v) is 3.96. The van der Waals surface area contributed by atoms with Gasteiger partial charge in [-0.05, 0) is 31.8 Å². The summed E-state index contributed by atoms with van der Waals surface area (Å²) in [6.07, 6.45) is -0.674. The second kappa shape index (κ2) is 2.64. The number of hydrogen-bond acceptors (Lipinski definition) is 2. The van der Waals surface area contributed by atoms with E-state index in [1.165, 1.54) is 0 Å². The third-order valence-corrected chi connectivity index (χ3v) is 3.25. The number of rotatable bonds is 1. The molecule has 0 aromatic heterocycles. The molecule has 1 atom stereocenters. The van der Waals surface area contributed by atoms with Crippen LogP contribution in [0.15, 0.2) is 0 Å². The van der Waals surface area contributed by atoms with Gasteiger partial charge in [0.2, 0.25) is 0 Å². The molecule has 3 aliphatic rings. The lowest BCUT2D eigenvalue weighted by Crippen LogP contribution is -2.67. The highest BCUT2D eigenvalue weighted by Crippen LogP contribution is 2.37. The van der Waals surface area contributed by atoms with Crippen molar-refractivity contribution in [3.8, 4) is 0 Å². The van der Waals surface area contributed by atoms with Crippen molar-refractivity contribution in [1.29, 1.82) is 0 Å². The summed E-state index contributed by atoms with van der Waals surface area (Å²) >= 11 is 0. The van der Waals surface area contributed by atoms with E-state index in [0.29, 0.717) is 6.54 Å². The second-order valence-electron chi connectivity index (χ2n) is 3.96. The Kier molecular flexibility index (Phi) is 1.84. The van der Waals surface area contributed by atoms with Crippen LogP contribution in [-0.2, 0) is 0 Å². The Morgan fingerprint density at radius 1 is 1.33 bits per heavy atom. The van der Waals surface area contributed by atoms with E-state index in [0.717, 1.165) is 25.9 Å². The molecular weight excluding hydrogens is 162 g/mol. The van der Waals surface area contributed by atoms with Crippen molar-refractivity contribution < 1.29 is 8.78 Å². The lowest BCUT2D eigenvalue weighted by Gasteiger charge is -2.50. The molecule has 1 unspecified atom stereocenters. The number of alkyl halides is 2. The number of fused-ring (bicyclic) bond motifs is 3. The summed E-state index contributed by atoms with van der Waals surface area (Å²) < 4.78 is 25.2. The number of nitrogens with zero attached hydrogens (tertiary/aromatic N) is 1. The highest BCUT2D eigenvalue weighted by atomic mass is 19.3. The Hall–Kier alpha value is -0.220. The van der Waals surface area contributed by atoms with Gasteiger partial charge in [-0.3, -0.25) is 0 Å². The van der Waals surface area contributed by atoms with Crippen molar-refractivity contribution in [2.75, 3.05) is 19.6 Å². The lowest BCUT2D eigenvalue weighted by molar-refractivity contribution is -0.0636. The Labute approximate surface area is 70.7 Å². The van der Waals surface area contributed by atoms with E-state index in [-0.39, 0.29) is 5.92 Å². The Balaban J connectivity index is 2.17. The fraction of sp³-hybridized carbons (Fsp3) is 1.00. The van der Waals surface area contributed by atoms with Gasteiger partial charge in [0.15, 0.2) is 0 Å². The SMILES string of the molecule is NC1(C(F)F)CN2CCC1CC2. The van der Waals surface area contributed by atoms with E-state index < -0.39 is 12.0 Å². The zero-order valence-electron chi connectivity index (χ0n) is 6.97. The maximum atomic E-state index is 12.6. The van der Waals surface area contributed by atoms with Crippen LogP contribution < -0.4 is 5.73 Å². The van der Waals surface area contributed by atoms with Crippen LogP contribution >= 0.6 is 0 Å². The van der Waals surface area contributed by atoms with E-state index in [2.05, 4.69) is 0 Å². The van der Waals surface area contributed by atoms with Crippen LogP contribution in [0.5, 0.6) is 0 Å². The third-order valence-electron chi connectivity index (χ3n) is 3.25. The molecule has 3 saturated heterocycles. The highest BCUT2D eigenvalue weighted by Gasteiger charge is 2.49. The summed E-state index contributed by atoms with van der Waals surface area (Å²) in [5.74, 6) is 0.0440. The van der Waals surface area contributed by atoms with Gasteiger partial charge in [-0.25, -0.2) is 8.78 Å². The molecule has 70 valence electrons. The molecule has 3 heterocycles. The molecule has 0 aliphatic carbocycles. The smallest absolute Gasteiger partial charge is 0.257 e. The first-order valence-corrected chi connectivity index (χ1v) is 4.42. The Morgan fingerprint density at radius 3 is 2.17 bits per heavy atom. The summed E-state index contributed by atoms with van der Waals surface area (Å²) in [6, 6.07) is 0. The average molecular weight is 176 g/mol. The lowest BCUT2D eigenvalue weighted by atomic mass is 9.74. The topological polar surface area (TPSA) is 29.3 Å². The molecule has 4 heteroatoms. The Bertz CT molecular complexity index is 178. The largest absolute Gasteiger partial charge is 0.319 e. The Morgan fingerprint density at radius 2 is 1.92 bits per heavy atom. The first kappa shape index (κ1) is 8.38. The predicted molar refractivity (Wildman–Crippen MR) is 42.1 cm³/mol. The third kappa shape index (κ3) is 1.05. The first-order chi connectivity index (χ1) is 5.63. The molecule has 2 nitrogen and oxygen atoms in total. The average Bonchev–Trinajstić information content (AvgIpc) is 2.05. The molecule has 0 amide bonds. The standard InChI is InChI=1S/C8H14F2N2/c9-7(10)8(11)5-12-3-1-6(8)2-4-12/h6-7H,1-5,11H2. The molecule has 0 spiro atoms. The normalized spacial score (nSPS) is 47.0. The van der Waals surface area contributed by atoms with Crippen molar-refractivity contribution in [2.24, 2.45) is 11.7 Å². The van der Waals surface area contributed by atoms with Gasteiger partial charge < -0.3 is 10.6 Å². The summed E-state index contributed by atoms with van der Waals surface area (Å²) in [4.78, 5) is 2.05. The minimum absolute atomic E-state index is 0.0440. The maximum Gasteiger partial charge on any atom is 0.257 e. The molecule has 0 aromatic carbocycles. The van der Waals surface area contributed by atoms with Crippen molar-refractivity contribution in [2.45, 2.75) is 24.8 Å². The van der Waals surface area contributed by atoms with Crippen LogP contribution in [0.25, 0.3) is 0 Å². The van der Waals surface area contributed by atoms with Crippen LogP contribution in [0.3, 0.4) is 0 Å². The molecule has 0 aromatic rings. The van der Waals surface area contributed by atoms with Gasteiger partial charge in [-0.1, -0.05) is 0 Å². The number of hydrogen-bond donors (Lipinski definition) is 1. The zero-order chi connectivity index (χ0) is 8.77. The van der Waals surface area contributed by atoms with Crippen molar-refractivity contribution in [3.05, 3.63) is 0 Å². The quantitative estimate of drug-likeness (QED) is 0.636. The van der Waals surface area contributed by atoms with Gasteiger partial charge >= 0.3 is 0 Å². The van der Waals surface area contributed by atoms with E-state index in [4.69, 9.17) is 5.73 Å². The van der Waals surface area contributed by atoms with Gasteiger partial charge in [0.1, 0.15) is 0 Å². The van der Waals surface area contributed by atoms with Gasteiger partial charge in [-0.2, -0.15) is 0 Å². The van der Waals surface area contributed by atoms with Gasteiger partial charge in [0, 0.05) is 6.54 Å². The van der Waals surface area contributed by atoms with Crippen LogP contribution in [0.1, 0.15) is 12.8 Å². The van der Waals surface area contributed by atoms with Gasteiger partial charge in [-0.15, -0.1) is 0 Å². The predicted octanol–water partition coefficient (Wildman–Crippen LogP) is 0.675. The summed E-state index contributed by atoms with van der Waals surface area (Å²) in [7, 11) is 0. The monoisotopic (exact) mass is 176 g/mol. The summed E-state index contributed by atoms with van der Waals surface area (Å²) in [5, 5.41) is 0. The summed E-state index contributed by atoms with van der Waals surface area (Å²) in [5.41, 5.74) is 4.48. The van der Waals surface area contributed by atoms with E-state index in [1.807, 2.05) is 4.90 Å². The van der Waals surface area contributed by atoms with E-state index >= 15 is 0 Å². The maximum absolute atomic E-state index is 12.6. The zero-order valence-corrected chi connectivity index (χ0v) is 6.97. The fourth-order valence-corrected chi connectivity index (χ4v) is 2.39. The number of nitrogens with two attached hydrogens (primary N) is 1. The molecule has 0 saturated carbocycles. The van der Waals surface area contributed by atoms with E-state index in [1.54, 1.807) is 0 Å². The number of piperidine rings is 3. The van der Waals surface area contributed by atoms with Crippen molar-refractivity contribution in [3.63, 3.8) is 0 Å². The van der Waals surface area contributed by atoms with E-state index in [9.17, 15) is 8.78 Å². The molecule has 12 heavy (non-hydrogen) atoms. The van der Waals surface area contributed by atoms with Gasteiger partial charge in [0.05, 0.1) is 5.54 Å². The molecule has 3 aliphatic heterocycles. The minimum Gasteiger partial charge on any atom is -0.319 e. The molecule has 0 radical (unpaired) electrons. The van der Waals surface area contributed by atoms with Crippen LogP contribution in [0.4, 0.5) is 8.78 Å². The van der Waals surface area contributed by atoms with Crippen LogP contribution in [0.2, 0.25) is 0 Å². The van der Waals surface area contributed by atoms with Crippen LogP contribution in [-0.4, -0.2) is 36.5 Å². The highest BCUT2D eigenvalue weighted by molar-refractivity contribution is 5.03. The van der Waals surface area contributed by atoms with Crippen molar-refractivity contribution >= 4 is 0 Å². The molecule has 3 fully saturated rings. The molecule has 2 bridgehead atoms.